The number of alkyl carbamates (subject to hydrolysis) is 1. The second-order valence-electron chi connectivity index (χ2n) is 5.72. The number of carbonyl (C=O) groups is 1. The summed E-state index contributed by atoms with van der Waals surface area (Å²) in [6.07, 6.45) is 0.645. The van der Waals surface area contributed by atoms with Crippen molar-refractivity contribution in [1.29, 1.82) is 0 Å². The molecule has 1 unspecified atom stereocenters. The van der Waals surface area contributed by atoms with Crippen molar-refractivity contribution in [2.24, 2.45) is 0 Å². The molecule has 1 aliphatic heterocycles. The van der Waals surface area contributed by atoms with Gasteiger partial charge in [0.25, 0.3) is 0 Å². The predicted molar refractivity (Wildman–Crippen MR) is 66.1 cm³/mol. The van der Waals surface area contributed by atoms with Crippen LogP contribution in [-0.4, -0.2) is 43.5 Å². The maximum atomic E-state index is 11.3. The fourth-order valence-electron chi connectivity index (χ4n) is 1.65. The lowest BCUT2D eigenvalue weighted by Crippen LogP contribution is -2.46. The Hall–Kier alpha value is -0.810. The molecule has 5 heteroatoms. The summed E-state index contributed by atoms with van der Waals surface area (Å²) < 4.78 is 10.5. The Morgan fingerprint density at radius 1 is 1.41 bits per heavy atom. The number of amides is 1. The highest BCUT2D eigenvalue weighted by Gasteiger charge is 2.28. The van der Waals surface area contributed by atoms with E-state index < -0.39 is 5.60 Å². The van der Waals surface area contributed by atoms with E-state index in [1.54, 1.807) is 0 Å². The topological polar surface area (TPSA) is 59.6 Å². The molecule has 0 aromatic heterocycles. The molecular formula is C12H24N2O3. The quantitative estimate of drug-likeness (QED) is 0.731. The van der Waals surface area contributed by atoms with Crippen LogP contribution in [0, 0.1) is 0 Å². The molecular weight excluding hydrogens is 220 g/mol. The molecule has 1 amide bonds. The van der Waals surface area contributed by atoms with Gasteiger partial charge in [0.05, 0.1) is 6.61 Å². The van der Waals surface area contributed by atoms with Crippen molar-refractivity contribution >= 4 is 6.09 Å². The number of hydrogen-bond acceptors (Lipinski definition) is 4. The first-order valence-electron chi connectivity index (χ1n) is 6.10. The molecule has 0 saturated carbocycles. The molecule has 0 aromatic carbocycles. The average molecular weight is 244 g/mol. The van der Waals surface area contributed by atoms with Crippen molar-refractivity contribution in [1.82, 2.24) is 10.6 Å². The molecule has 1 fully saturated rings. The normalized spacial score (nSPS) is 24.7. The third kappa shape index (κ3) is 5.89. The Morgan fingerprint density at radius 2 is 2.12 bits per heavy atom. The van der Waals surface area contributed by atoms with Gasteiger partial charge in [-0.15, -0.1) is 0 Å². The SMILES string of the molecule is CC1(NCCNC(=O)OC(C)(C)C)CCOC1. The first-order chi connectivity index (χ1) is 7.81. The van der Waals surface area contributed by atoms with E-state index in [1.165, 1.54) is 0 Å². The van der Waals surface area contributed by atoms with Gasteiger partial charge in [0.1, 0.15) is 5.60 Å². The van der Waals surface area contributed by atoms with Crippen molar-refractivity contribution in [3.05, 3.63) is 0 Å². The molecule has 0 aliphatic carbocycles. The van der Waals surface area contributed by atoms with Gasteiger partial charge in [0.2, 0.25) is 0 Å². The highest BCUT2D eigenvalue weighted by molar-refractivity contribution is 5.67. The fraction of sp³-hybridized carbons (Fsp3) is 0.917. The van der Waals surface area contributed by atoms with Crippen LogP contribution in [0.4, 0.5) is 4.79 Å². The zero-order valence-corrected chi connectivity index (χ0v) is 11.3. The van der Waals surface area contributed by atoms with E-state index in [0.717, 1.165) is 26.2 Å². The van der Waals surface area contributed by atoms with Crippen LogP contribution in [0.25, 0.3) is 0 Å². The third-order valence-corrected chi connectivity index (χ3v) is 2.56. The van der Waals surface area contributed by atoms with Gasteiger partial charge in [0, 0.05) is 25.2 Å². The van der Waals surface area contributed by atoms with E-state index in [2.05, 4.69) is 17.6 Å². The molecule has 100 valence electrons. The van der Waals surface area contributed by atoms with E-state index in [0.29, 0.717) is 6.54 Å². The molecule has 5 nitrogen and oxygen atoms in total. The summed E-state index contributed by atoms with van der Waals surface area (Å²) in [4.78, 5) is 11.3. The molecule has 1 rings (SSSR count). The standard InChI is InChI=1S/C12H24N2O3/c1-11(2,3)17-10(15)13-6-7-14-12(4)5-8-16-9-12/h14H,5-9H2,1-4H3,(H,13,15). The minimum atomic E-state index is -0.442. The summed E-state index contributed by atoms with van der Waals surface area (Å²) in [6, 6.07) is 0. The zero-order chi connectivity index (χ0) is 12.9. The van der Waals surface area contributed by atoms with E-state index in [4.69, 9.17) is 9.47 Å². The Morgan fingerprint density at radius 3 is 2.65 bits per heavy atom. The van der Waals surface area contributed by atoms with Crippen LogP contribution < -0.4 is 10.6 Å². The van der Waals surface area contributed by atoms with Gasteiger partial charge in [-0.05, 0) is 34.1 Å². The second kappa shape index (κ2) is 5.69. The lowest BCUT2D eigenvalue weighted by molar-refractivity contribution is 0.0527. The van der Waals surface area contributed by atoms with Crippen LogP contribution in [-0.2, 0) is 9.47 Å². The highest BCUT2D eigenvalue weighted by atomic mass is 16.6. The Balaban J connectivity index is 2.10. The maximum Gasteiger partial charge on any atom is 0.407 e. The molecule has 0 aromatic rings. The van der Waals surface area contributed by atoms with Gasteiger partial charge in [-0.3, -0.25) is 0 Å². The van der Waals surface area contributed by atoms with E-state index >= 15 is 0 Å². The van der Waals surface area contributed by atoms with Gasteiger partial charge in [-0.2, -0.15) is 0 Å². The van der Waals surface area contributed by atoms with E-state index in [-0.39, 0.29) is 11.6 Å². The lowest BCUT2D eigenvalue weighted by Gasteiger charge is -2.24. The van der Waals surface area contributed by atoms with Crippen LogP contribution in [0.2, 0.25) is 0 Å². The van der Waals surface area contributed by atoms with Crippen molar-refractivity contribution in [3.8, 4) is 0 Å². The van der Waals surface area contributed by atoms with Gasteiger partial charge >= 0.3 is 6.09 Å². The molecule has 1 aliphatic rings. The first-order valence-corrected chi connectivity index (χ1v) is 6.10. The number of carbonyl (C=O) groups excluding carboxylic acids is 1. The average Bonchev–Trinajstić information content (AvgIpc) is 2.58. The minimum absolute atomic E-state index is 0.0512. The number of ether oxygens (including phenoxy) is 2. The molecule has 0 spiro atoms. The zero-order valence-electron chi connectivity index (χ0n) is 11.3. The van der Waals surface area contributed by atoms with Crippen LogP contribution in [0.1, 0.15) is 34.1 Å². The maximum absolute atomic E-state index is 11.3. The van der Waals surface area contributed by atoms with E-state index in [1.807, 2.05) is 20.8 Å². The van der Waals surface area contributed by atoms with Crippen molar-refractivity contribution in [2.45, 2.75) is 45.3 Å². The minimum Gasteiger partial charge on any atom is -0.444 e. The van der Waals surface area contributed by atoms with E-state index in [9.17, 15) is 4.79 Å². The Bertz CT molecular complexity index is 255. The van der Waals surface area contributed by atoms with Crippen LogP contribution >= 0.6 is 0 Å². The fourth-order valence-corrected chi connectivity index (χ4v) is 1.65. The van der Waals surface area contributed by atoms with Gasteiger partial charge in [0.15, 0.2) is 0 Å². The second-order valence-corrected chi connectivity index (χ2v) is 5.72. The summed E-state index contributed by atoms with van der Waals surface area (Å²) in [6.45, 7) is 10.5. The Kier molecular flexibility index (Phi) is 4.77. The highest BCUT2D eigenvalue weighted by Crippen LogP contribution is 2.16. The van der Waals surface area contributed by atoms with Gasteiger partial charge < -0.3 is 20.1 Å². The van der Waals surface area contributed by atoms with Gasteiger partial charge in [-0.1, -0.05) is 0 Å². The van der Waals surface area contributed by atoms with Gasteiger partial charge in [-0.25, -0.2) is 4.79 Å². The number of nitrogens with one attached hydrogen (secondary N) is 2. The smallest absolute Gasteiger partial charge is 0.407 e. The predicted octanol–water partition coefficient (Wildman–Crippen LogP) is 1.28. The lowest BCUT2D eigenvalue weighted by atomic mass is 10.0. The summed E-state index contributed by atoms with van der Waals surface area (Å²) in [7, 11) is 0. The number of rotatable bonds is 4. The summed E-state index contributed by atoms with van der Waals surface area (Å²) in [5.41, 5.74) is -0.390. The number of hydrogen-bond donors (Lipinski definition) is 2. The summed E-state index contributed by atoms with van der Waals surface area (Å²) in [5, 5.41) is 6.10. The largest absolute Gasteiger partial charge is 0.444 e. The molecule has 1 heterocycles. The van der Waals surface area contributed by atoms with Crippen molar-refractivity contribution < 1.29 is 14.3 Å². The molecule has 17 heavy (non-hydrogen) atoms. The summed E-state index contributed by atoms with van der Waals surface area (Å²) >= 11 is 0. The van der Waals surface area contributed by atoms with Crippen molar-refractivity contribution in [3.63, 3.8) is 0 Å². The molecule has 2 N–H and O–H groups in total. The van der Waals surface area contributed by atoms with Crippen LogP contribution in [0.3, 0.4) is 0 Å². The molecule has 0 radical (unpaired) electrons. The first kappa shape index (κ1) is 14.3. The van der Waals surface area contributed by atoms with Crippen LogP contribution in [0.5, 0.6) is 0 Å². The monoisotopic (exact) mass is 244 g/mol. The Labute approximate surface area is 103 Å². The van der Waals surface area contributed by atoms with Crippen molar-refractivity contribution in [2.75, 3.05) is 26.3 Å². The van der Waals surface area contributed by atoms with Crippen LogP contribution in [0.15, 0.2) is 0 Å². The molecule has 0 bridgehead atoms. The summed E-state index contributed by atoms with van der Waals surface area (Å²) in [5.74, 6) is 0. The molecule has 1 atom stereocenters. The third-order valence-electron chi connectivity index (χ3n) is 2.56. The molecule has 1 saturated heterocycles.